The van der Waals surface area contributed by atoms with Crippen LogP contribution in [0.2, 0.25) is 5.02 Å². The first-order valence-electron chi connectivity index (χ1n) is 6.89. The highest BCUT2D eigenvalue weighted by Gasteiger charge is 2.35. The van der Waals surface area contributed by atoms with Crippen molar-refractivity contribution in [2.24, 2.45) is 13.0 Å². The van der Waals surface area contributed by atoms with Crippen molar-refractivity contribution in [3.63, 3.8) is 0 Å². The fourth-order valence-corrected chi connectivity index (χ4v) is 2.67. The van der Waals surface area contributed by atoms with Gasteiger partial charge in [0, 0.05) is 43.0 Å². The lowest BCUT2D eigenvalue weighted by atomic mass is 10.1. The lowest BCUT2D eigenvalue weighted by Crippen LogP contribution is -2.28. The maximum Gasteiger partial charge on any atom is 0.231 e. The van der Waals surface area contributed by atoms with Gasteiger partial charge in [0.1, 0.15) is 0 Å². The average molecular weight is 319 g/mol. The molecule has 1 unspecified atom stereocenters. The lowest BCUT2D eigenvalue weighted by molar-refractivity contribution is -0.122. The first-order valence-corrected chi connectivity index (χ1v) is 7.27. The zero-order chi connectivity index (χ0) is 15.7. The number of hydrogen-bond acceptors (Lipinski definition) is 3. The van der Waals surface area contributed by atoms with Gasteiger partial charge < -0.3 is 10.2 Å². The minimum Gasteiger partial charge on any atom is -0.312 e. The molecular formula is C15H15ClN4O2. The molecule has 2 heterocycles. The molecule has 3 rings (SSSR count). The van der Waals surface area contributed by atoms with Crippen LogP contribution in [0.25, 0.3) is 0 Å². The Kier molecular flexibility index (Phi) is 3.85. The molecular weight excluding hydrogens is 304 g/mol. The van der Waals surface area contributed by atoms with Crippen molar-refractivity contribution in [3.8, 4) is 0 Å². The SMILES string of the molecule is Cn1ccc(NC(=O)C2CC(=O)N(c3cccc(Cl)c3)C2)n1. The molecule has 114 valence electrons. The Morgan fingerprint density at radius 2 is 2.23 bits per heavy atom. The fraction of sp³-hybridized carbons (Fsp3) is 0.267. The van der Waals surface area contributed by atoms with Crippen LogP contribution in [0.5, 0.6) is 0 Å². The molecule has 1 aliphatic heterocycles. The van der Waals surface area contributed by atoms with Gasteiger partial charge in [-0.05, 0) is 18.2 Å². The van der Waals surface area contributed by atoms with Crippen molar-refractivity contribution in [3.05, 3.63) is 41.6 Å². The summed E-state index contributed by atoms with van der Waals surface area (Å²) < 4.78 is 1.60. The first kappa shape index (κ1) is 14.6. The minimum atomic E-state index is -0.395. The van der Waals surface area contributed by atoms with Gasteiger partial charge in [-0.3, -0.25) is 14.3 Å². The molecule has 1 fully saturated rings. The van der Waals surface area contributed by atoms with Gasteiger partial charge in [0.25, 0.3) is 0 Å². The molecule has 6 nitrogen and oxygen atoms in total. The van der Waals surface area contributed by atoms with E-state index in [1.807, 2.05) is 6.07 Å². The summed E-state index contributed by atoms with van der Waals surface area (Å²) in [6.07, 6.45) is 1.93. The molecule has 1 atom stereocenters. The number of amides is 2. The van der Waals surface area contributed by atoms with E-state index in [4.69, 9.17) is 11.6 Å². The van der Waals surface area contributed by atoms with Crippen LogP contribution in [0.15, 0.2) is 36.5 Å². The van der Waals surface area contributed by atoms with E-state index in [2.05, 4.69) is 10.4 Å². The zero-order valence-corrected chi connectivity index (χ0v) is 12.7. The van der Waals surface area contributed by atoms with E-state index in [-0.39, 0.29) is 18.2 Å². The highest BCUT2D eigenvalue weighted by Crippen LogP contribution is 2.27. The third kappa shape index (κ3) is 2.96. The predicted octanol–water partition coefficient (Wildman–Crippen LogP) is 2.07. The third-order valence-electron chi connectivity index (χ3n) is 3.58. The van der Waals surface area contributed by atoms with Gasteiger partial charge in [-0.1, -0.05) is 17.7 Å². The number of hydrogen-bond donors (Lipinski definition) is 1. The van der Waals surface area contributed by atoms with Crippen LogP contribution in [0, 0.1) is 5.92 Å². The van der Waals surface area contributed by atoms with E-state index < -0.39 is 5.92 Å². The van der Waals surface area contributed by atoms with E-state index >= 15 is 0 Å². The van der Waals surface area contributed by atoms with Crippen LogP contribution in [0.1, 0.15) is 6.42 Å². The molecule has 2 aromatic rings. The van der Waals surface area contributed by atoms with Gasteiger partial charge in [0.05, 0.1) is 5.92 Å². The van der Waals surface area contributed by atoms with Gasteiger partial charge in [0.15, 0.2) is 5.82 Å². The van der Waals surface area contributed by atoms with Crippen LogP contribution in [0.4, 0.5) is 11.5 Å². The zero-order valence-electron chi connectivity index (χ0n) is 12.0. The van der Waals surface area contributed by atoms with Crippen molar-refractivity contribution in [2.45, 2.75) is 6.42 Å². The Labute approximate surface area is 132 Å². The molecule has 1 N–H and O–H groups in total. The standard InChI is InChI=1S/C15H15ClN4O2/c1-19-6-5-13(18-19)17-15(22)10-7-14(21)20(9-10)12-4-2-3-11(16)8-12/h2-6,8,10H,7,9H2,1H3,(H,17,18,22). The lowest BCUT2D eigenvalue weighted by Gasteiger charge is -2.16. The molecule has 1 aliphatic rings. The average Bonchev–Trinajstić information content (AvgIpc) is 3.05. The van der Waals surface area contributed by atoms with Gasteiger partial charge in [-0.25, -0.2) is 0 Å². The Bertz CT molecular complexity index is 728. The number of anilines is 2. The number of carbonyl (C=O) groups excluding carboxylic acids is 2. The highest BCUT2D eigenvalue weighted by molar-refractivity contribution is 6.31. The van der Waals surface area contributed by atoms with Gasteiger partial charge in [0.2, 0.25) is 11.8 Å². The maximum absolute atomic E-state index is 12.2. The summed E-state index contributed by atoms with van der Waals surface area (Å²) in [5, 5.41) is 7.39. The molecule has 2 amide bonds. The molecule has 1 aromatic carbocycles. The number of halogens is 1. The van der Waals surface area contributed by atoms with Crippen LogP contribution in [-0.4, -0.2) is 28.1 Å². The highest BCUT2D eigenvalue weighted by atomic mass is 35.5. The summed E-state index contributed by atoms with van der Waals surface area (Å²) >= 11 is 5.95. The van der Waals surface area contributed by atoms with E-state index in [1.54, 1.807) is 47.1 Å². The van der Waals surface area contributed by atoms with Crippen molar-refractivity contribution < 1.29 is 9.59 Å². The van der Waals surface area contributed by atoms with Crippen molar-refractivity contribution in [1.29, 1.82) is 0 Å². The summed E-state index contributed by atoms with van der Waals surface area (Å²) in [4.78, 5) is 26.0. The van der Waals surface area contributed by atoms with E-state index in [9.17, 15) is 9.59 Å². The van der Waals surface area contributed by atoms with E-state index in [0.717, 1.165) is 0 Å². The number of rotatable bonds is 3. The molecule has 7 heteroatoms. The van der Waals surface area contributed by atoms with Gasteiger partial charge in [-0.15, -0.1) is 0 Å². The molecule has 22 heavy (non-hydrogen) atoms. The van der Waals surface area contributed by atoms with Crippen LogP contribution in [0.3, 0.4) is 0 Å². The van der Waals surface area contributed by atoms with Crippen LogP contribution < -0.4 is 10.2 Å². The number of nitrogens with zero attached hydrogens (tertiary/aromatic N) is 3. The second-order valence-corrected chi connectivity index (χ2v) is 5.69. The number of aryl methyl sites for hydroxylation is 1. The Morgan fingerprint density at radius 1 is 1.41 bits per heavy atom. The number of nitrogens with one attached hydrogen (secondary N) is 1. The predicted molar refractivity (Wildman–Crippen MR) is 83.7 cm³/mol. The second kappa shape index (κ2) is 5.81. The number of benzene rings is 1. The summed E-state index contributed by atoms with van der Waals surface area (Å²) in [6, 6.07) is 8.77. The largest absolute Gasteiger partial charge is 0.312 e. The maximum atomic E-state index is 12.2. The second-order valence-electron chi connectivity index (χ2n) is 5.25. The van der Waals surface area contributed by atoms with Gasteiger partial charge in [-0.2, -0.15) is 5.10 Å². The van der Waals surface area contributed by atoms with Crippen LogP contribution in [-0.2, 0) is 16.6 Å². The fourth-order valence-electron chi connectivity index (χ4n) is 2.49. The topological polar surface area (TPSA) is 67.2 Å². The van der Waals surface area contributed by atoms with Crippen molar-refractivity contribution >= 4 is 34.9 Å². The molecule has 0 radical (unpaired) electrons. The van der Waals surface area contributed by atoms with E-state index in [1.165, 1.54) is 0 Å². The molecule has 0 spiro atoms. The smallest absolute Gasteiger partial charge is 0.231 e. The summed E-state index contributed by atoms with van der Waals surface area (Å²) in [5.41, 5.74) is 0.714. The molecule has 0 aliphatic carbocycles. The van der Waals surface area contributed by atoms with Crippen molar-refractivity contribution in [1.82, 2.24) is 9.78 Å². The van der Waals surface area contributed by atoms with E-state index in [0.29, 0.717) is 23.1 Å². The summed E-state index contributed by atoms with van der Waals surface area (Å²) in [7, 11) is 1.77. The summed E-state index contributed by atoms with van der Waals surface area (Å²) in [6.45, 7) is 0.345. The quantitative estimate of drug-likeness (QED) is 0.942. The monoisotopic (exact) mass is 318 g/mol. The van der Waals surface area contributed by atoms with Crippen LogP contribution >= 0.6 is 11.6 Å². The van der Waals surface area contributed by atoms with Gasteiger partial charge >= 0.3 is 0 Å². The third-order valence-corrected chi connectivity index (χ3v) is 3.82. The Morgan fingerprint density at radius 3 is 2.91 bits per heavy atom. The number of aromatic nitrogens is 2. The molecule has 0 bridgehead atoms. The number of carbonyl (C=O) groups is 2. The first-order chi connectivity index (χ1) is 10.5. The molecule has 0 saturated carbocycles. The summed E-state index contributed by atoms with van der Waals surface area (Å²) in [5.74, 6) is -0.186. The molecule has 1 aromatic heterocycles. The normalized spacial score (nSPS) is 17.8. The Balaban J connectivity index is 1.70. The molecule has 1 saturated heterocycles. The van der Waals surface area contributed by atoms with Crippen molar-refractivity contribution in [2.75, 3.05) is 16.8 Å². The minimum absolute atomic E-state index is 0.0802. The Hall–Kier alpha value is -2.34.